The second-order valence-electron chi connectivity index (χ2n) is 7.35. The second-order valence-corrected chi connectivity index (χ2v) is 7.70. The van der Waals surface area contributed by atoms with Crippen molar-refractivity contribution in [1.29, 1.82) is 0 Å². The molecule has 12 heteroatoms. The molecular weight excluding hydrogens is 438 g/mol. The number of unbranched alkanes of at least 4 members (excludes halogenated alkanes) is 2. The Kier molecular flexibility index (Phi) is 6.35. The third-order valence-corrected chi connectivity index (χ3v) is 5.21. The van der Waals surface area contributed by atoms with Crippen molar-refractivity contribution in [1.82, 2.24) is 34.2 Å². The molecule has 0 saturated carbocycles. The van der Waals surface area contributed by atoms with Crippen molar-refractivity contribution in [3.8, 4) is 17.3 Å². The highest BCUT2D eigenvalue weighted by Crippen LogP contribution is 2.17. The van der Waals surface area contributed by atoms with Gasteiger partial charge in [-0.25, -0.2) is 9.78 Å². The van der Waals surface area contributed by atoms with Crippen LogP contribution in [0, 0.1) is 0 Å². The Balaban J connectivity index is 1.45. The number of imidazole rings is 1. The summed E-state index contributed by atoms with van der Waals surface area (Å²) < 4.78 is 7.93. The number of nitrogens with zero attached hydrogens (tertiary/aromatic N) is 6. The zero-order chi connectivity index (χ0) is 22.7. The Morgan fingerprint density at radius 2 is 1.94 bits per heavy atom. The largest absolute Gasteiger partial charge is 0.506 e. The number of aryl methyl sites for hydroxylation is 2. The summed E-state index contributed by atoms with van der Waals surface area (Å²) in [5, 5.41) is 13.3. The van der Waals surface area contributed by atoms with E-state index in [-0.39, 0.29) is 40.3 Å². The molecule has 168 valence electrons. The number of halogens is 1. The minimum atomic E-state index is -0.433. The molecule has 0 bridgehead atoms. The molecule has 4 aromatic heterocycles. The smallest absolute Gasteiger partial charge is 0.332 e. The van der Waals surface area contributed by atoms with Gasteiger partial charge in [-0.3, -0.25) is 13.9 Å². The van der Waals surface area contributed by atoms with E-state index in [1.54, 1.807) is 6.07 Å². The fourth-order valence-electron chi connectivity index (χ4n) is 3.38. The summed E-state index contributed by atoms with van der Waals surface area (Å²) in [6.45, 7) is 2.74. The number of H-pyrrole nitrogens is 1. The Bertz CT molecular complexity index is 1340. The molecule has 4 aromatic rings. The molecule has 11 nitrogen and oxygen atoms in total. The average Bonchev–Trinajstić information content (AvgIpc) is 3.40. The van der Waals surface area contributed by atoms with Crippen LogP contribution in [0.5, 0.6) is 5.75 Å². The lowest BCUT2D eigenvalue weighted by Crippen LogP contribution is -2.40. The van der Waals surface area contributed by atoms with E-state index in [2.05, 4.69) is 25.1 Å². The summed E-state index contributed by atoms with van der Waals surface area (Å²) in [7, 11) is 0. The SMILES string of the molecule is CCCCn1c(=O)n(CCCCc2noc(-c3ccc(O)cn3)n2)c(=O)c2[nH]c(Cl)nc21. The molecule has 0 aliphatic heterocycles. The van der Waals surface area contributed by atoms with Gasteiger partial charge in [0.1, 0.15) is 11.4 Å². The predicted molar refractivity (Wildman–Crippen MR) is 117 cm³/mol. The van der Waals surface area contributed by atoms with Crippen LogP contribution < -0.4 is 11.2 Å². The van der Waals surface area contributed by atoms with Crippen LogP contribution in [0.25, 0.3) is 22.7 Å². The normalized spacial score (nSPS) is 11.4. The molecule has 0 spiro atoms. The van der Waals surface area contributed by atoms with E-state index in [1.165, 1.54) is 21.4 Å². The second kappa shape index (κ2) is 9.35. The van der Waals surface area contributed by atoms with E-state index in [0.29, 0.717) is 37.3 Å². The van der Waals surface area contributed by atoms with E-state index in [1.807, 2.05) is 6.92 Å². The van der Waals surface area contributed by atoms with Gasteiger partial charge >= 0.3 is 5.69 Å². The molecular formula is C20H22ClN7O4. The molecule has 0 atom stereocenters. The van der Waals surface area contributed by atoms with Gasteiger partial charge in [0.05, 0.1) is 6.20 Å². The van der Waals surface area contributed by atoms with Gasteiger partial charge in [-0.2, -0.15) is 9.97 Å². The van der Waals surface area contributed by atoms with Crippen molar-refractivity contribution in [3.63, 3.8) is 0 Å². The van der Waals surface area contributed by atoms with Crippen molar-refractivity contribution in [3.05, 3.63) is 50.3 Å². The van der Waals surface area contributed by atoms with Gasteiger partial charge in [0, 0.05) is 19.5 Å². The maximum atomic E-state index is 12.9. The van der Waals surface area contributed by atoms with E-state index in [4.69, 9.17) is 16.1 Å². The summed E-state index contributed by atoms with van der Waals surface area (Å²) in [5.41, 5.74) is 0.163. The molecule has 4 rings (SSSR count). The van der Waals surface area contributed by atoms with Crippen LogP contribution in [0.15, 0.2) is 32.4 Å². The van der Waals surface area contributed by atoms with Crippen molar-refractivity contribution in [2.75, 3.05) is 0 Å². The number of rotatable bonds is 9. The maximum absolute atomic E-state index is 12.9. The summed E-state index contributed by atoms with van der Waals surface area (Å²) in [6.07, 6.45) is 4.71. The maximum Gasteiger partial charge on any atom is 0.332 e. The van der Waals surface area contributed by atoms with E-state index in [9.17, 15) is 14.7 Å². The fraction of sp³-hybridized carbons (Fsp3) is 0.400. The first-order valence-electron chi connectivity index (χ1n) is 10.3. The standard InChI is InChI=1S/C20H22ClN7O4/c1-2-3-9-27-16-15(24-19(21)25-16)18(30)28(20(27)31)10-5-4-6-14-23-17(32-26-14)13-8-7-12(29)11-22-13/h7-8,11,29H,2-6,9-10H2,1H3,(H,24,25). The van der Waals surface area contributed by atoms with Crippen molar-refractivity contribution >= 4 is 22.8 Å². The lowest BCUT2D eigenvalue weighted by molar-refractivity contribution is 0.419. The lowest BCUT2D eigenvalue weighted by atomic mass is 10.2. The first-order valence-corrected chi connectivity index (χ1v) is 10.7. The van der Waals surface area contributed by atoms with Gasteiger partial charge in [-0.15, -0.1) is 0 Å². The zero-order valence-electron chi connectivity index (χ0n) is 17.4. The van der Waals surface area contributed by atoms with Crippen LogP contribution in [0.2, 0.25) is 5.28 Å². The predicted octanol–water partition coefficient (Wildman–Crippen LogP) is 2.51. The van der Waals surface area contributed by atoms with Crippen LogP contribution in [0.1, 0.15) is 38.4 Å². The number of fused-ring (bicyclic) bond motifs is 1. The lowest BCUT2D eigenvalue weighted by Gasteiger charge is -2.10. The average molecular weight is 460 g/mol. The number of hydrogen-bond acceptors (Lipinski definition) is 8. The molecule has 0 radical (unpaired) electrons. The van der Waals surface area contributed by atoms with Gasteiger partial charge in [0.15, 0.2) is 17.0 Å². The number of aromatic nitrogens is 7. The van der Waals surface area contributed by atoms with E-state index in [0.717, 1.165) is 12.8 Å². The number of aromatic hydroxyl groups is 1. The Hall–Kier alpha value is -3.47. The molecule has 0 amide bonds. The molecule has 0 aliphatic rings. The number of aromatic amines is 1. The van der Waals surface area contributed by atoms with E-state index < -0.39 is 5.56 Å². The van der Waals surface area contributed by atoms with Crippen molar-refractivity contribution < 1.29 is 9.63 Å². The summed E-state index contributed by atoms with van der Waals surface area (Å²) in [6, 6.07) is 3.07. The van der Waals surface area contributed by atoms with Gasteiger partial charge < -0.3 is 14.6 Å². The zero-order valence-corrected chi connectivity index (χ0v) is 18.2. The van der Waals surface area contributed by atoms with Crippen LogP contribution in [0.3, 0.4) is 0 Å². The first-order chi connectivity index (χ1) is 15.5. The number of hydrogen-bond donors (Lipinski definition) is 2. The molecule has 0 saturated heterocycles. The van der Waals surface area contributed by atoms with Gasteiger partial charge in [-0.05, 0) is 43.0 Å². The molecule has 0 aliphatic carbocycles. The third kappa shape index (κ3) is 4.42. The minimum Gasteiger partial charge on any atom is -0.506 e. The minimum absolute atomic E-state index is 0.0491. The monoisotopic (exact) mass is 459 g/mol. The quantitative estimate of drug-likeness (QED) is 0.287. The highest BCUT2D eigenvalue weighted by Gasteiger charge is 2.17. The Morgan fingerprint density at radius 3 is 2.69 bits per heavy atom. The third-order valence-electron chi connectivity index (χ3n) is 5.03. The van der Waals surface area contributed by atoms with E-state index >= 15 is 0 Å². The van der Waals surface area contributed by atoms with Gasteiger partial charge in [0.25, 0.3) is 11.4 Å². The molecule has 0 unspecified atom stereocenters. The van der Waals surface area contributed by atoms with Crippen molar-refractivity contribution in [2.45, 2.75) is 52.1 Å². The highest BCUT2D eigenvalue weighted by atomic mass is 35.5. The highest BCUT2D eigenvalue weighted by molar-refractivity contribution is 6.28. The molecule has 4 heterocycles. The van der Waals surface area contributed by atoms with Crippen LogP contribution in [0.4, 0.5) is 0 Å². The van der Waals surface area contributed by atoms with Crippen LogP contribution >= 0.6 is 11.6 Å². The summed E-state index contributed by atoms with van der Waals surface area (Å²) in [4.78, 5) is 40.9. The van der Waals surface area contributed by atoms with Gasteiger partial charge in [-0.1, -0.05) is 18.5 Å². The summed E-state index contributed by atoms with van der Waals surface area (Å²) in [5.74, 6) is 0.808. The number of pyridine rings is 1. The Labute approximate surface area is 186 Å². The van der Waals surface area contributed by atoms with Crippen molar-refractivity contribution in [2.24, 2.45) is 0 Å². The first kappa shape index (κ1) is 21.8. The van der Waals surface area contributed by atoms with Crippen LogP contribution in [-0.2, 0) is 19.5 Å². The van der Waals surface area contributed by atoms with Gasteiger partial charge in [0.2, 0.25) is 5.28 Å². The fourth-order valence-corrected chi connectivity index (χ4v) is 3.55. The topological polar surface area (TPSA) is 145 Å². The molecule has 0 fully saturated rings. The Morgan fingerprint density at radius 1 is 1.12 bits per heavy atom. The summed E-state index contributed by atoms with van der Waals surface area (Å²) >= 11 is 5.94. The number of nitrogens with one attached hydrogen (secondary N) is 1. The molecule has 0 aromatic carbocycles. The van der Waals surface area contributed by atoms with Crippen LogP contribution in [-0.4, -0.2) is 39.3 Å². The molecule has 2 N–H and O–H groups in total. The molecule has 32 heavy (non-hydrogen) atoms.